The summed E-state index contributed by atoms with van der Waals surface area (Å²) in [6, 6.07) is 11.2. The van der Waals surface area contributed by atoms with E-state index in [-0.39, 0.29) is 12.1 Å². The Morgan fingerprint density at radius 3 is 2.31 bits per heavy atom. The summed E-state index contributed by atoms with van der Waals surface area (Å²) in [7, 11) is -1.30. The van der Waals surface area contributed by atoms with Crippen molar-refractivity contribution in [1.29, 1.82) is 0 Å². The Labute approximate surface area is 160 Å². The fourth-order valence-corrected chi connectivity index (χ4v) is 5.92. The molecule has 3 rings (SSSR count). The van der Waals surface area contributed by atoms with E-state index < -0.39 is 10.0 Å². The van der Waals surface area contributed by atoms with Crippen LogP contribution in [0, 0.1) is 6.92 Å². The van der Waals surface area contributed by atoms with Crippen molar-refractivity contribution in [1.82, 2.24) is 4.72 Å². The first-order valence-electron chi connectivity index (χ1n) is 9.15. The van der Waals surface area contributed by atoms with Gasteiger partial charge in [-0.2, -0.15) is 0 Å². The molecule has 1 aliphatic heterocycles. The van der Waals surface area contributed by atoms with Crippen LogP contribution in [-0.4, -0.2) is 47.7 Å². The summed E-state index contributed by atoms with van der Waals surface area (Å²) in [6.45, 7) is 8.31. The highest BCUT2D eigenvalue weighted by Gasteiger charge is 2.36. The van der Waals surface area contributed by atoms with Gasteiger partial charge in [0.15, 0.2) is 0 Å². The molecule has 1 aliphatic rings. The van der Waals surface area contributed by atoms with Gasteiger partial charge in [-0.15, -0.1) is 11.3 Å². The van der Waals surface area contributed by atoms with Crippen molar-refractivity contribution >= 4 is 21.4 Å². The lowest BCUT2D eigenvalue weighted by Crippen LogP contribution is -3.27. The van der Waals surface area contributed by atoms with Gasteiger partial charge in [-0.1, -0.05) is 23.8 Å². The number of benzene rings is 1. The van der Waals surface area contributed by atoms with Crippen LogP contribution < -0.4 is 14.5 Å². The highest BCUT2D eigenvalue weighted by Crippen LogP contribution is 2.21. The van der Waals surface area contributed by atoms with E-state index in [1.54, 1.807) is 28.4 Å². The first-order chi connectivity index (χ1) is 12.4. The lowest BCUT2D eigenvalue weighted by Gasteiger charge is -2.35. The number of rotatable bonds is 6. The van der Waals surface area contributed by atoms with Crippen LogP contribution >= 0.6 is 11.3 Å². The van der Waals surface area contributed by atoms with Crippen molar-refractivity contribution < 1.29 is 18.2 Å². The minimum Gasteiger partial charge on any atom is -0.328 e. The Balaban J connectivity index is 1.81. The van der Waals surface area contributed by atoms with E-state index in [1.807, 2.05) is 26.0 Å². The number of quaternary nitrogens is 2. The summed E-state index contributed by atoms with van der Waals surface area (Å²) in [5.41, 5.74) is 1.05. The summed E-state index contributed by atoms with van der Waals surface area (Å²) in [4.78, 5) is 4.60. The predicted octanol–water partition coefficient (Wildman–Crippen LogP) is -0.122. The maximum atomic E-state index is 12.8. The van der Waals surface area contributed by atoms with E-state index in [0.717, 1.165) is 31.7 Å². The molecule has 0 bridgehead atoms. The highest BCUT2D eigenvalue weighted by atomic mass is 32.2. The van der Waals surface area contributed by atoms with Crippen LogP contribution in [0.25, 0.3) is 0 Å². The second kappa shape index (κ2) is 8.19. The quantitative estimate of drug-likeness (QED) is 0.639. The zero-order valence-electron chi connectivity index (χ0n) is 15.7. The summed E-state index contributed by atoms with van der Waals surface area (Å²) >= 11 is 1.72. The fraction of sp³-hybridized carbons (Fsp3) is 0.474. The molecule has 3 N–H and O–H groups in total. The Morgan fingerprint density at radius 2 is 1.73 bits per heavy atom. The molecule has 0 unspecified atom stereocenters. The Morgan fingerprint density at radius 1 is 1.08 bits per heavy atom. The van der Waals surface area contributed by atoms with Gasteiger partial charge in [0.1, 0.15) is 32.2 Å². The van der Waals surface area contributed by atoms with E-state index in [4.69, 9.17) is 0 Å². The molecule has 1 aromatic carbocycles. The Bertz CT molecular complexity index is 796. The van der Waals surface area contributed by atoms with E-state index >= 15 is 0 Å². The summed E-state index contributed by atoms with van der Waals surface area (Å²) in [6.07, 6.45) is 0. The lowest BCUT2D eigenvalue weighted by atomic mass is 10.1. The molecule has 2 heterocycles. The van der Waals surface area contributed by atoms with Crippen LogP contribution in [0.4, 0.5) is 0 Å². The molecular formula is C19H29N3O2S2+2. The second-order valence-corrected chi connectivity index (χ2v) is 10.0. The number of nitrogens with one attached hydrogen (secondary N) is 3. The predicted molar refractivity (Wildman–Crippen MR) is 105 cm³/mol. The van der Waals surface area contributed by atoms with Gasteiger partial charge in [-0.25, -0.2) is 13.1 Å². The van der Waals surface area contributed by atoms with Crippen molar-refractivity contribution in [2.75, 3.05) is 33.2 Å². The smallest absolute Gasteiger partial charge is 0.241 e. The molecule has 0 amide bonds. The minimum atomic E-state index is -3.53. The lowest BCUT2D eigenvalue weighted by molar-refractivity contribution is -1.02. The molecule has 26 heavy (non-hydrogen) atoms. The number of hydrogen-bond acceptors (Lipinski definition) is 3. The first kappa shape index (κ1) is 19.5. The van der Waals surface area contributed by atoms with Gasteiger partial charge in [-0.3, -0.25) is 0 Å². The molecule has 0 radical (unpaired) electrons. The Kier molecular flexibility index (Phi) is 6.14. The normalized spacial score (nSPS) is 23.5. The van der Waals surface area contributed by atoms with Crippen molar-refractivity contribution in [3.8, 4) is 0 Å². The van der Waals surface area contributed by atoms with Gasteiger partial charge < -0.3 is 9.80 Å². The van der Waals surface area contributed by atoms with E-state index in [9.17, 15) is 8.42 Å². The van der Waals surface area contributed by atoms with Gasteiger partial charge in [-0.05, 0) is 37.4 Å². The third-order valence-electron chi connectivity index (χ3n) is 5.21. The molecule has 5 nitrogen and oxygen atoms in total. The van der Waals surface area contributed by atoms with E-state index in [1.165, 1.54) is 9.78 Å². The second-order valence-electron chi connectivity index (χ2n) is 7.33. The van der Waals surface area contributed by atoms with Crippen molar-refractivity contribution in [2.24, 2.45) is 0 Å². The topological polar surface area (TPSA) is 55.0 Å². The zero-order chi connectivity index (χ0) is 18.7. The number of likely N-dealkylation sites (N-methyl/N-ethyl adjacent to an activating group) is 1. The summed E-state index contributed by atoms with van der Waals surface area (Å²) in [5, 5.41) is 2.07. The van der Waals surface area contributed by atoms with Gasteiger partial charge in [0.05, 0.1) is 22.9 Å². The average molecular weight is 396 g/mol. The van der Waals surface area contributed by atoms with Crippen LogP contribution in [0.1, 0.15) is 23.4 Å². The molecule has 1 saturated heterocycles. The van der Waals surface area contributed by atoms with Gasteiger partial charge in [0.2, 0.25) is 10.0 Å². The zero-order valence-corrected chi connectivity index (χ0v) is 17.3. The summed E-state index contributed by atoms with van der Waals surface area (Å²) < 4.78 is 28.6. The van der Waals surface area contributed by atoms with Crippen LogP contribution in [0.2, 0.25) is 0 Å². The molecule has 0 spiro atoms. The fourth-order valence-electron chi connectivity index (χ4n) is 3.68. The largest absolute Gasteiger partial charge is 0.328 e. The van der Waals surface area contributed by atoms with E-state index in [2.05, 4.69) is 29.3 Å². The number of piperazine rings is 1. The number of thiophene rings is 1. The average Bonchev–Trinajstić information content (AvgIpc) is 3.11. The number of sulfonamides is 1. The molecular weight excluding hydrogens is 366 g/mol. The van der Waals surface area contributed by atoms with Crippen molar-refractivity contribution in [3.05, 3.63) is 52.2 Å². The number of hydrogen-bond donors (Lipinski definition) is 3. The summed E-state index contributed by atoms with van der Waals surface area (Å²) in [5.74, 6) is 0. The molecule has 1 fully saturated rings. The molecule has 0 aliphatic carbocycles. The SMILES string of the molecule is Cc1ccc(S(=O)(=O)N[C@@H](C)[C@@H](c2cccs2)[NH+]2CC[NH+](C)CC2)cc1. The van der Waals surface area contributed by atoms with Crippen LogP contribution in [0.3, 0.4) is 0 Å². The van der Waals surface area contributed by atoms with Crippen molar-refractivity contribution in [2.45, 2.75) is 30.8 Å². The molecule has 142 valence electrons. The maximum absolute atomic E-state index is 12.8. The Hall–Kier alpha value is -1.25. The van der Waals surface area contributed by atoms with Gasteiger partial charge >= 0.3 is 0 Å². The number of aryl methyl sites for hydroxylation is 1. The van der Waals surface area contributed by atoms with Crippen LogP contribution in [-0.2, 0) is 10.0 Å². The highest BCUT2D eigenvalue weighted by molar-refractivity contribution is 7.89. The van der Waals surface area contributed by atoms with Crippen molar-refractivity contribution in [3.63, 3.8) is 0 Å². The molecule has 1 aromatic heterocycles. The van der Waals surface area contributed by atoms with E-state index in [0.29, 0.717) is 4.90 Å². The molecule has 7 heteroatoms. The molecule has 2 atom stereocenters. The standard InChI is InChI=1S/C19H27N3O2S2/c1-15-6-8-17(9-7-15)26(23,24)20-16(2)19(18-5-4-14-25-18)22-12-10-21(3)11-13-22/h4-9,14,16,19-20H,10-13H2,1-3H3/p+2/t16-,19-/m0/s1. The minimum absolute atomic E-state index is 0.142. The van der Waals surface area contributed by atoms with Gasteiger partial charge in [0, 0.05) is 0 Å². The molecule has 2 aromatic rings. The first-order valence-corrected chi connectivity index (χ1v) is 11.5. The molecule has 0 saturated carbocycles. The van der Waals surface area contributed by atoms with Gasteiger partial charge in [0.25, 0.3) is 0 Å². The third-order valence-corrected chi connectivity index (χ3v) is 7.74. The van der Waals surface area contributed by atoms with Crippen LogP contribution in [0.5, 0.6) is 0 Å². The van der Waals surface area contributed by atoms with Crippen LogP contribution in [0.15, 0.2) is 46.7 Å². The monoisotopic (exact) mass is 395 g/mol. The maximum Gasteiger partial charge on any atom is 0.241 e. The third kappa shape index (κ3) is 4.53.